The largest absolute Gasteiger partial charge is 0.496 e. The van der Waals surface area contributed by atoms with Gasteiger partial charge >= 0.3 is 5.97 Å². The first-order valence-electron chi connectivity index (χ1n) is 5.19. The lowest BCUT2D eigenvalue weighted by Crippen LogP contribution is -2.01. The van der Waals surface area contributed by atoms with Crippen LogP contribution in [0.5, 0.6) is 5.75 Å². The number of benzene rings is 1. The van der Waals surface area contributed by atoms with Crippen molar-refractivity contribution in [1.29, 1.82) is 0 Å². The summed E-state index contributed by atoms with van der Waals surface area (Å²) in [5, 5.41) is 15.6. The van der Waals surface area contributed by atoms with E-state index < -0.39 is 5.97 Å². The van der Waals surface area contributed by atoms with E-state index in [-0.39, 0.29) is 6.42 Å². The predicted octanol–water partition coefficient (Wildman–Crippen LogP) is 2.47. The van der Waals surface area contributed by atoms with E-state index in [0.29, 0.717) is 17.0 Å². The molecule has 5 nitrogen and oxygen atoms in total. The standard InChI is InChI=1S/C12H11BrN2O3/c1-18-10-3-2-8(13)5-9(10)12-7(4-11(16)17)6-14-15-12/h2-3,5-6H,4H2,1H3,(H,14,15)(H,16,17). The van der Waals surface area contributed by atoms with E-state index >= 15 is 0 Å². The van der Waals surface area contributed by atoms with Crippen molar-refractivity contribution < 1.29 is 14.6 Å². The van der Waals surface area contributed by atoms with Crippen molar-refractivity contribution >= 4 is 21.9 Å². The molecule has 0 aliphatic rings. The van der Waals surface area contributed by atoms with Crippen LogP contribution in [0.2, 0.25) is 0 Å². The number of carboxylic acids is 1. The second-order valence-corrected chi connectivity index (χ2v) is 4.60. The number of halogens is 1. The summed E-state index contributed by atoms with van der Waals surface area (Å²) in [5.74, 6) is -0.235. The monoisotopic (exact) mass is 310 g/mol. The Morgan fingerprint density at radius 2 is 2.33 bits per heavy atom. The summed E-state index contributed by atoms with van der Waals surface area (Å²) < 4.78 is 6.15. The summed E-state index contributed by atoms with van der Waals surface area (Å²) in [6.07, 6.45) is 1.44. The molecule has 0 amide bonds. The van der Waals surface area contributed by atoms with E-state index in [1.54, 1.807) is 7.11 Å². The first-order valence-corrected chi connectivity index (χ1v) is 5.99. The highest BCUT2D eigenvalue weighted by atomic mass is 79.9. The van der Waals surface area contributed by atoms with Crippen LogP contribution in [0.15, 0.2) is 28.9 Å². The summed E-state index contributed by atoms with van der Waals surface area (Å²) in [7, 11) is 1.57. The number of aromatic nitrogens is 2. The maximum absolute atomic E-state index is 10.8. The molecular weight excluding hydrogens is 300 g/mol. The smallest absolute Gasteiger partial charge is 0.307 e. The van der Waals surface area contributed by atoms with Crippen molar-refractivity contribution in [1.82, 2.24) is 10.2 Å². The van der Waals surface area contributed by atoms with Gasteiger partial charge in [0.15, 0.2) is 0 Å². The number of aromatic amines is 1. The van der Waals surface area contributed by atoms with Crippen LogP contribution >= 0.6 is 15.9 Å². The summed E-state index contributed by atoms with van der Waals surface area (Å²) in [4.78, 5) is 10.8. The van der Waals surface area contributed by atoms with Crippen molar-refractivity contribution in [3.63, 3.8) is 0 Å². The van der Waals surface area contributed by atoms with Crippen molar-refractivity contribution in [3.05, 3.63) is 34.4 Å². The number of methoxy groups -OCH3 is 1. The van der Waals surface area contributed by atoms with Gasteiger partial charge in [-0.25, -0.2) is 0 Å². The maximum Gasteiger partial charge on any atom is 0.307 e. The Morgan fingerprint density at radius 1 is 1.56 bits per heavy atom. The van der Waals surface area contributed by atoms with Crippen molar-refractivity contribution in [2.24, 2.45) is 0 Å². The molecule has 0 fully saturated rings. The van der Waals surface area contributed by atoms with Crippen LogP contribution in [0.3, 0.4) is 0 Å². The van der Waals surface area contributed by atoms with E-state index in [9.17, 15) is 4.79 Å². The lowest BCUT2D eigenvalue weighted by atomic mass is 10.1. The van der Waals surface area contributed by atoms with Crippen molar-refractivity contribution in [2.75, 3.05) is 7.11 Å². The molecule has 0 spiro atoms. The second-order valence-electron chi connectivity index (χ2n) is 3.69. The molecule has 0 aliphatic carbocycles. The van der Waals surface area contributed by atoms with Gasteiger partial charge in [-0.15, -0.1) is 0 Å². The number of rotatable bonds is 4. The molecule has 2 N–H and O–H groups in total. The van der Waals surface area contributed by atoms with Gasteiger partial charge in [-0.2, -0.15) is 5.10 Å². The van der Waals surface area contributed by atoms with Crippen LogP contribution in [0.1, 0.15) is 5.56 Å². The van der Waals surface area contributed by atoms with Gasteiger partial charge in [0.1, 0.15) is 5.75 Å². The van der Waals surface area contributed by atoms with Gasteiger partial charge in [0.2, 0.25) is 0 Å². The zero-order valence-electron chi connectivity index (χ0n) is 9.61. The highest BCUT2D eigenvalue weighted by Gasteiger charge is 2.15. The molecule has 0 atom stereocenters. The molecule has 0 saturated heterocycles. The summed E-state index contributed by atoms with van der Waals surface area (Å²) in [6, 6.07) is 5.53. The van der Waals surface area contributed by atoms with E-state index in [4.69, 9.17) is 9.84 Å². The van der Waals surface area contributed by atoms with Crippen LogP contribution in [0, 0.1) is 0 Å². The Morgan fingerprint density at radius 3 is 3.00 bits per heavy atom. The van der Waals surface area contributed by atoms with Crippen LogP contribution in [-0.4, -0.2) is 28.4 Å². The second kappa shape index (κ2) is 5.22. The average molecular weight is 311 g/mol. The Labute approximate surface area is 112 Å². The SMILES string of the molecule is COc1ccc(Br)cc1-c1[nH]ncc1CC(=O)O. The summed E-state index contributed by atoms with van der Waals surface area (Å²) in [6.45, 7) is 0. The third kappa shape index (κ3) is 2.53. The third-order valence-electron chi connectivity index (χ3n) is 2.49. The number of carboxylic acid groups (broad SMARTS) is 1. The number of aliphatic carboxylic acids is 1. The summed E-state index contributed by atoms with van der Waals surface area (Å²) >= 11 is 3.38. The molecule has 0 saturated carbocycles. The van der Waals surface area contributed by atoms with Gasteiger partial charge in [0, 0.05) is 15.6 Å². The number of hydrogen-bond donors (Lipinski definition) is 2. The van der Waals surface area contributed by atoms with Gasteiger partial charge in [0.25, 0.3) is 0 Å². The first-order chi connectivity index (χ1) is 8.61. The quantitative estimate of drug-likeness (QED) is 0.909. The molecule has 0 bridgehead atoms. The highest BCUT2D eigenvalue weighted by molar-refractivity contribution is 9.10. The number of nitrogens with one attached hydrogen (secondary N) is 1. The minimum absolute atomic E-state index is 0.0818. The van der Waals surface area contributed by atoms with Crippen molar-refractivity contribution in [3.8, 4) is 17.0 Å². The number of hydrogen-bond acceptors (Lipinski definition) is 3. The lowest BCUT2D eigenvalue weighted by molar-refractivity contribution is -0.136. The highest BCUT2D eigenvalue weighted by Crippen LogP contribution is 2.33. The zero-order chi connectivity index (χ0) is 13.1. The average Bonchev–Trinajstić information content (AvgIpc) is 2.76. The fourth-order valence-electron chi connectivity index (χ4n) is 1.72. The number of nitrogens with zero attached hydrogens (tertiary/aromatic N) is 1. The van der Waals surface area contributed by atoms with E-state index in [0.717, 1.165) is 10.0 Å². The van der Waals surface area contributed by atoms with E-state index in [1.165, 1.54) is 6.20 Å². The van der Waals surface area contributed by atoms with Crippen LogP contribution in [0.4, 0.5) is 0 Å². The molecule has 0 radical (unpaired) electrons. The predicted molar refractivity (Wildman–Crippen MR) is 69.6 cm³/mol. The molecule has 2 aromatic rings. The van der Waals surface area contributed by atoms with Crippen LogP contribution in [-0.2, 0) is 11.2 Å². The molecule has 1 aromatic carbocycles. The molecule has 0 unspecified atom stereocenters. The molecule has 18 heavy (non-hydrogen) atoms. The number of H-pyrrole nitrogens is 1. The third-order valence-corrected chi connectivity index (χ3v) is 2.98. The summed E-state index contributed by atoms with van der Waals surface area (Å²) in [5.41, 5.74) is 2.06. The molecular formula is C12H11BrN2O3. The Bertz CT molecular complexity index is 580. The minimum Gasteiger partial charge on any atom is -0.496 e. The molecule has 0 aliphatic heterocycles. The normalized spacial score (nSPS) is 10.3. The van der Waals surface area contributed by atoms with Crippen molar-refractivity contribution in [2.45, 2.75) is 6.42 Å². The first kappa shape index (κ1) is 12.6. The fraction of sp³-hybridized carbons (Fsp3) is 0.167. The van der Waals surface area contributed by atoms with Gasteiger partial charge in [-0.1, -0.05) is 15.9 Å². The molecule has 94 valence electrons. The Balaban J connectivity index is 2.51. The molecule has 1 heterocycles. The van der Waals surface area contributed by atoms with Gasteiger partial charge in [0.05, 0.1) is 25.4 Å². The molecule has 6 heteroatoms. The van der Waals surface area contributed by atoms with Crippen LogP contribution < -0.4 is 4.74 Å². The Hall–Kier alpha value is -1.82. The number of carbonyl (C=O) groups is 1. The van der Waals surface area contributed by atoms with E-state index in [2.05, 4.69) is 26.1 Å². The minimum atomic E-state index is -0.897. The van der Waals surface area contributed by atoms with Gasteiger partial charge in [-0.3, -0.25) is 9.89 Å². The van der Waals surface area contributed by atoms with Gasteiger partial charge < -0.3 is 9.84 Å². The molecule has 2 rings (SSSR count). The van der Waals surface area contributed by atoms with Gasteiger partial charge in [-0.05, 0) is 18.2 Å². The number of ether oxygens (including phenoxy) is 1. The zero-order valence-corrected chi connectivity index (χ0v) is 11.2. The maximum atomic E-state index is 10.8. The topological polar surface area (TPSA) is 75.2 Å². The molecule has 1 aromatic heterocycles. The van der Waals surface area contributed by atoms with E-state index in [1.807, 2.05) is 18.2 Å². The Kier molecular flexibility index (Phi) is 3.66. The fourth-order valence-corrected chi connectivity index (χ4v) is 2.08. The lowest BCUT2D eigenvalue weighted by Gasteiger charge is -2.08. The van der Waals surface area contributed by atoms with Crippen LogP contribution in [0.25, 0.3) is 11.3 Å².